The number of hydrogen-bond acceptors (Lipinski definition) is 2. The Morgan fingerprint density at radius 3 is 2.38 bits per heavy atom. The van der Waals surface area contributed by atoms with E-state index in [1.165, 1.54) is 5.56 Å². The highest BCUT2D eigenvalue weighted by Gasteiger charge is 2.19. The number of carbonyl (C=O) groups is 1. The number of carbonyl (C=O) groups excluding carboxylic acids is 1. The monoisotopic (exact) mass is 345 g/mol. The van der Waals surface area contributed by atoms with E-state index in [9.17, 15) is 4.79 Å². The molecule has 0 radical (unpaired) electrons. The van der Waals surface area contributed by atoms with Crippen molar-refractivity contribution in [2.45, 2.75) is 46.1 Å². The van der Waals surface area contributed by atoms with Crippen molar-refractivity contribution >= 4 is 23.2 Å². The number of rotatable bonds is 6. The molecule has 1 N–H and O–H groups in total. The predicted molar refractivity (Wildman–Crippen MR) is 100 cm³/mol. The van der Waals surface area contributed by atoms with Crippen LogP contribution in [0.5, 0.6) is 5.75 Å². The van der Waals surface area contributed by atoms with E-state index in [-0.39, 0.29) is 5.91 Å². The van der Waals surface area contributed by atoms with Crippen LogP contribution in [0.25, 0.3) is 0 Å². The molecule has 1 amide bonds. The lowest BCUT2D eigenvalue weighted by molar-refractivity contribution is -0.122. The van der Waals surface area contributed by atoms with E-state index in [0.29, 0.717) is 23.1 Å². The van der Waals surface area contributed by atoms with Crippen molar-refractivity contribution in [1.82, 2.24) is 0 Å². The second kappa shape index (κ2) is 8.20. The fourth-order valence-corrected chi connectivity index (χ4v) is 2.47. The smallest absolute Gasteiger partial charge is 0.265 e. The standard InChI is InChI=1S/C20H24ClNO2/c1-5-19(24-17-10-11-18(21)14(4)12-17)20(23)22-16-8-6-15(7-9-16)13(2)3/h6-13,19H,5H2,1-4H3,(H,22,23)/t19-/m1/s1. The van der Waals surface area contributed by atoms with Crippen LogP contribution in [0, 0.1) is 6.92 Å². The Morgan fingerprint density at radius 2 is 1.83 bits per heavy atom. The van der Waals surface area contributed by atoms with E-state index in [0.717, 1.165) is 11.3 Å². The second-order valence-electron chi connectivity index (χ2n) is 6.19. The molecule has 0 aliphatic carbocycles. The van der Waals surface area contributed by atoms with Crippen molar-refractivity contribution in [3.05, 3.63) is 58.6 Å². The molecule has 0 fully saturated rings. The van der Waals surface area contributed by atoms with Crippen molar-refractivity contribution < 1.29 is 9.53 Å². The third-order valence-electron chi connectivity index (χ3n) is 3.92. The van der Waals surface area contributed by atoms with Crippen molar-refractivity contribution in [1.29, 1.82) is 0 Å². The molecule has 0 unspecified atom stereocenters. The van der Waals surface area contributed by atoms with E-state index in [1.807, 2.05) is 44.2 Å². The van der Waals surface area contributed by atoms with Gasteiger partial charge in [0.25, 0.3) is 5.91 Å². The molecule has 0 spiro atoms. The number of amides is 1. The highest BCUT2D eigenvalue weighted by Crippen LogP contribution is 2.23. The van der Waals surface area contributed by atoms with Crippen LogP contribution < -0.4 is 10.1 Å². The first-order valence-electron chi connectivity index (χ1n) is 8.24. The zero-order valence-electron chi connectivity index (χ0n) is 14.6. The van der Waals surface area contributed by atoms with Crippen LogP contribution in [0.2, 0.25) is 5.02 Å². The molecule has 0 aromatic heterocycles. The van der Waals surface area contributed by atoms with Crippen LogP contribution in [0.3, 0.4) is 0 Å². The molecule has 0 aliphatic rings. The summed E-state index contributed by atoms with van der Waals surface area (Å²) in [5.41, 5.74) is 2.94. The summed E-state index contributed by atoms with van der Waals surface area (Å²) >= 11 is 6.02. The molecule has 2 rings (SSSR count). The Balaban J connectivity index is 2.03. The first-order valence-corrected chi connectivity index (χ1v) is 8.62. The maximum atomic E-state index is 12.5. The van der Waals surface area contributed by atoms with Crippen molar-refractivity contribution in [2.75, 3.05) is 5.32 Å². The Bertz CT molecular complexity index is 695. The zero-order chi connectivity index (χ0) is 17.7. The highest BCUT2D eigenvalue weighted by molar-refractivity contribution is 6.31. The summed E-state index contributed by atoms with van der Waals surface area (Å²) in [5, 5.41) is 3.60. The molecular weight excluding hydrogens is 322 g/mol. The normalized spacial score (nSPS) is 12.1. The molecule has 3 nitrogen and oxygen atoms in total. The number of anilines is 1. The number of benzene rings is 2. The van der Waals surface area contributed by atoms with Gasteiger partial charge in [-0.2, -0.15) is 0 Å². The minimum atomic E-state index is -0.546. The van der Waals surface area contributed by atoms with Gasteiger partial charge in [-0.3, -0.25) is 4.79 Å². The zero-order valence-corrected chi connectivity index (χ0v) is 15.4. The second-order valence-corrected chi connectivity index (χ2v) is 6.60. The number of ether oxygens (including phenoxy) is 1. The summed E-state index contributed by atoms with van der Waals surface area (Å²) in [6.07, 6.45) is 0.0350. The van der Waals surface area contributed by atoms with Gasteiger partial charge in [0.2, 0.25) is 0 Å². The summed E-state index contributed by atoms with van der Waals surface area (Å²) < 4.78 is 5.82. The fourth-order valence-electron chi connectivity index (χ4n) is 2.35. The largest absolute Gasteiger partial charge is 0.481 e. The lowest BCUT2D eigenvalue weighted by Gasteiger charge is -2.18. The van der Waals surface area contributed by atoms with E-state index < -0.39 is 6.10 Å². The molecule has 128 valence electrons. The minimum absolute atomic E-state index is 0.151. The van der Waals surface area contributed by atoms with Gasteiger partial charge in [0.15, 0.2) is 6.10 Å². The van der Waals surface area contributed by atoms with Gasteiger partial charge in [-0.15, -0.1) is 0 Å². The van der Waals surface area contributed by atoms with Crippen LogP contribution in [0.1, 0.15) is 44.2 Å². The summed E-state index contributed by atoms with van der Waals surface area (Å²) in [4.78, 5) is 12.5. The van der Waals surface area contributed by atoms with E-state index in [1.54, 1.807) is 12.1 Å². The summed E-state index contributed by atoms with van der Waals surface area (Å²) in [7, 11) is 0. The average molecular weight is 346 g/mol. The first kappa shape index (κ1) is 18.3. The van der Waals surface area contributed by atoms with Gasteiger partial charge in [-0.1, -0.05) is 44.5 Å². The molecule has 24 heavy (non-hydrogen) atoms. The van der Waals surface area contributed by atoms with Crippen molar-refractivity contribution in [2.24, 2.45) is 0 Å². The molecular formula is C20H24ClNO2. The predicted octanol–water partition coefficient (Wildman–Crippen LogP) is 5.57. The van der Waals surface area contributed by atoms with Gasteiger partial charge in [-0.05, 0) is 60.7 Å². The quantitative estimate of drug-likeness (QED) is 0.743. The molecule has 2 aromatic carbocycles. The third-order valence-corrected chi connectivity index (χ3v) is 4.34. The van der Waals surface area contributed by atoms with Crippen LogP contribution in [-0.2, 0) is 4.79 Å². The Labute approximate surface area is 149 Å². The van der Waals surface area contributed by atoms with Gasteiger partial charge >= 0.3 is 0 Å². The summed E-state index contributed by atoms with van der Waals surface area (Å²) in [5.74, 6) is 0.964. The highest BCUT2D eigenvalue weighted by atomic mass is 35.5. The fraction of sp³-hybridized carbons (Fsp3) is 0.350. The molecule has 0 saturated carbocycles. The van der Waals surface area contributed by atoms with Crippen LogP contribution in [0.4, 0.5) is 5.69 Å². The van der Waals surface area contributed by atoms with Crippen molar-refractivity contribution in [3.63, 3.8) is 0 Å². The number of nitrogens with one attached hydrogen (secondary N) is 1. The molecule has 1 atom stereocenters. The molecule has 0 heterocycles. The Hall–Kier alpha value is -2.00. The number of aryl methyl sites for hydroxylation is 1. The third kappa shape index (κ3) is 4.75. The average Bonchev–Trinajstić information content (AvgIpc) is 2.56. The van der Waals surface area contributed by atoms with E-state index in [2.05, 4.69) is 19.2 Å². The lowest BCUT2D eigenvalue weighted by atomic mass is 10.0. The van der Waals surface area contributed by atoms with E-state index >= 15 is 0 Å². The van der Waals surface area contributed by atoms with Crippen molar-refractivity contribution in [3.8, 4) is 5.75 Å². The maximum absolute atomic E-state index is 12.5. The first-order chi connectivity index (χ1) is 11.4. The summed E-state index contributed by atoms with van der Waals surface area (Å²) in [6, 6.07) is 13.3. The molecule has 0 saturated heterocycles. The van der Waals surface area contributed by atoms with Gasteiger partial charge in [0.1, 0.15) is 5.75 Å². The van der Waals surface area contributed by atoms with Gasteiger partial charge in [-0.25, -0.2) is 0 Å². The lowest BCUT2D eigenvalue weighted by Crippen LogP contribution is -2.32. The maximum Gasteiger partial charge on any atom is 0.265 e. The molecule has 0 aliphatic heterocycles. The van der Waals surface area contributed by atoms with Crippen LogP contribution in [0.15, 0.2) is 42.5 Å². The molecule has 4 heteroatoms. The minimum Gasteiger partial charge on any atom is -0.481 e. The Kier molecular flexibility index (Phi) is 6.27. The number of hydrogen-bond donors (Lipinski definition) is 1. The van der Waals surface area contributed by atoms with Gasteiger partial charge in [0.05, 0.1) is 0 Å². The summed E-state index contributed by atoms with van der Waals surface area (Å²) in [6.45, 7) is 8.12. The molecule has 2 aromatic rings. The Morgan fingerprint density at radius 1 is 1.17 bits per heavy atom. The topological polar surface area (TPSA) is 38.3 Å². The van der Waals surface area contributed by atoms with Crippen LogP contribution in [-0.4, -0.2) is 12.0 Å². The van der Waals surface area contributed by atoms with E-state index in [4.69, 9.17) is 16.3 Å². The van der Waals surface area contributed by atoms with Gasteiger partial charge < -0.3 is 10.1 Å². The number of halogens is 1. The van der Waals surface area contributed by atoms with Gasteiger partial charge in [0, 0.05) is 10.7 Å². The SMILES string of the molecule is CC[C@@H](Oc1ccc(Cl)c(C)c1)C(=O)Nc1ccc(C(C)C)cc1. The molecule has 0 bridgehead atoms. The van der Waals surface area contributed by atoms with Crippen LogP contribution >= 0.6 is 11.6 Å².